The topological polar surface area (TPSA) is 12.0 Å². The Morgan fingerprint density at radius 1 is 1.15 bits per heavy atom. The third-order valence-electron chi connectivity index (χ3n) is 4.00. The maximum absolute atomic E-state index is 6.05. The zero-order valence-electron chi connectivity index (χ0n) is 11.4. The summed E-state index contributed by atoms with van der Waals surface area (Å²) in [5, 5.41) is 4.43. The van der Waals surface area contributed by atoms with Crippen LogP contribution < -0.4 is 5.32 Å². The molecule has 0 heterocycles. The van der Waals surface area contributed by atoms with Gasteiger partial charge in [-0.3, -0.25) is 0 Å². The van der Waals surface area contributed by atoms with Crippen LogP contribution in [0.15, 0.2) is 46.9 Å². The quantitative estimate of drug-likeness (QED) is 0.741. The van der Waals surface area contributed by atoms with Gasteiger partial charge in [-0.25, -0.2) is 0 Å². The lowest BCUT2D eigenvalue weighted by atomic mass is 9.76. The van der Waals surface area contributed by atoms with Crippen LogP contribution in [-0.2, 0) is 0 Å². The molecule has 0 aromatic heterocycles. The summed E-state index contributed by atoms with van der Waals surface area (Å²) in [6, 6.07) is 15.2. The second kappa shape index (κ2) is 5.79. The number of hydrogen-bond acceptors (Lipinski definition) is 1. The van der Waals surface area contributed by atoms with Crippen LogP contribution in [-0.4, -0.2) is 6.04 Å². The molecule has 0 aliphatic heterocycles. The summed E-state index contributed by atoms with van der Waals surface area (Å²) in [7, 11) is 0. The minimum atomic E-state index is 0.564. The van der Waals surface area contributed by atoms with Gasteiger partial charge in [0.2, 0.25) is 0 Å². The highest BCUT2D eigenvalue weighted by atomic mass is 79.9. The van der Waals surface area contributed by atoms with E-state index < -0.39 is 0 Å². The van der Waals surface area contributed by atoms with Gasteiger partial charge in [-0.05, 0) is 61.1 Å². The molecule has 0 radical (unpaired) electrons. The van der Waals surface area contributed by atoms with Gasteiger partial charge in [0.05, 0.1) is 0 Å². The van der Waals surface area contributed by atoms with Gasteiger partial charge in [-0.15, -0.1) is 0 Å². The van der Waals surface area contributed by atoms with Gasteiger partial charge in [0.1, 0.15) is 0 Å². The zero-order chi connectivity index (χ0) is 14.1. The minimum Gasteiger partial charge on any atom is -0.382 e. The molecule has 0 unspecified atom stereocenters. The fraction of sp³-hybridized carbons (Fsp3) is 0.294. The van der Waals surface area contributed by atoms with Gasteiger partial charge in [0.25, 0.3) is 0 Å². The zero-order valence-corrected chi connectivity index (χ0v) is 13.7. The lowest BCUT2D eigenvalue weighted by Gasteiger charge is -2.37. The van der Waals surface area contributed by atoms with Crippen molar-refractivity contribution < 1.29 is 0 Å². The van der Waals surface area contributed by atoms with E-state index in [1.807, 2.05) is 12.1 Å². The molecule has 104 valence electrons. The predicted octanol–water partition coefficient (Wildman–Crippen LogP) is 5.77. The molecule has 2 aromatic carbocycles. The molecule has 0 bridgehead atoms. The van der Waals surface area contributed by atoms with E-state index in [1.54, 1.807) is 0 Å². The highest BCUT2D eigenvalue weighted by molar-refractivity contribution is 9.10. The summed E-state index contributed by atoms with van der Waals surface area (Å²) < 4.78 is 1.16. The third kappa shape index (κ3) is 3.02. The second-order valence-electron chi connectivity index (χ2n) is 5.53. The van der Waals surface area contributed by atoms with E-state index in [4.69, 9.17) is 11.6 Å². The van der Waals surface area contributed by atoms with E-state index in [0.717, 1.165) is 9.50 Å². The monoisotopic (exact) mass is 349 g/mol. The van der Waals surface area contributed by atoms with Crippen molar-refractivity contribution in [3.63, 3.8) is 0 Å². The van der Waals surface area contributed by atoms with Gasteiger partial charge in [0, 0.05) is 21.2 Å². The predicted molar refractivity (Wildman–Crippen MR) is 89.7 cm³/mol. The Morgan fingerprint density at radius 2 is 1.95 bits per heavy atom. The van der Waals surface area contributed by atoms with E-state index in [0.29, 0.717) is 12.0 Å². The highest BCUT2D eigenvalue weighted by Gasteiger charge is 2.30. The Balaban J connectivity index is 1.59. The molecule has 20 heavy (non-hydrogen) atoms. The highest BCUT2D eigenvalue weighted by Crippen LogP contribution is 2.39. The van der Waals surface area contributed by atoms with Crippen molar-refractivity contribution in [2.45, 2.75) is 31.7 Å². The SMILES string of the molecule is Cc1ccc(NC2CC(c3cccc(Cl)c3)C2)cc1Br. The molecule has 0 saturated heterocycles. The molecule has 2 aromatic rings. The van der Waals surface area contributed by atoms with Crippen molar-refractivity contribution in [2.75, 3.05) is 5.32 Å². The van der Waals surface area contributed by atoms with E-state index in [-0.39, 0.29) is 0 Å². The summed E-state index contributed by atoms with van der Waals surface area (Å²) in [4.78, 5) is 0. The molecule has 1 N–H and O–H groups in total. The molecule has 1 nitrogen and oxygen atoms in total. The standard InChI is InChI=1S/C17H17BrClN/c1-11-5-6-15(10-17(11)18)20-16-8-13(9-16)12-3-2-4-14(19)7-12/h2-7,10,13,16,20H,8-9H2,1H3. The van der Waals surface area contributed by atoms with Crippen LogP contribution in [0.3, 0.4) is 0 Å². The summed E-state index contributed by atoms with van der Waals surface area (Å²) in [6.07, 6.45) is 2.34. The lowest BCUT2D eigenvalue weighted by molar-refractivity contribution is 0.374. The van der Waals surface area contributed by atoms with Gasteiger partial charge < -0.3 is 5.32 Å². The molecule has 1 fully saturated rings. The number of halogens is 2. The normalized spacial score (nSPS) is 21.4. The molecule has 1 aliphatic carbocycles. The molecule has 1 aliphatic rings. The summed E-state index contributed by atoms with van der Waals surface area (Å²) in [6.45, 7) is 2.10. The van der Waals surface area contributed by atoms with Gasteiger partial charge in [0.15, 0.2) is 0 Å². The molecule has 3 heteroatoms. The summed E-state index contributed by atoms with van der Waals surface area (Å²) in [5.74, 6) is 0.639. The fourth-order valence-corrected chi connectivity index (χ4v) is 3.26. The van der Waals surface area contributed by atoms with E-state index in [1.165, 1.54) is 29.7 Å². The van der Waals surface area contributed by atoms with Crippen LogP contribution in [0.1, 0.15) is 29.9 Å². The number of aryl methyl sites for hydroxylation is 1. The molecule has 0 amide bonds. The minimum absolute atomic E-state index is 0.564. The van der Waals surface area contributed by atoms with E-state index in [2.05, 4.69) is 58.5 Å². The van der Waals surface area contributed by atoms with Crippen molar-refractivity contribution in [3.05, 3.63) is 63.1 Å². The van der Waals surface area contributed by atoms with Crippen LogP contribution in [0, 0.1) is 6.92 Å². The van der Waals surface area contributed by atoms with Crippen LogP contribution in [0.4, 0.5) is 5.69 Å². The third-order valence-corrected chi connectivity index (χ3v) is 5.09. The maximum Gasteiger partial charge on any atom is 0.0408 e. The number of benzene rings is 2. The average Bonchev–Trinajstić information content (AvgIpc) is 2.37. The second-order valence-corrected chi connectivity index (χ2v) is 6.82. The van der Waals surface area contributed by atoms with Crippen molar-refractivity contribution in [1.29, 1.82) is 0 Å². The Kier molecular flexibility index (Phi) is 4.04. The largest absolute Gasteiger partial charge is 0.382 e. The lowest BCUT2D eigenvalue weighted by Crippen LogP contribution is -2.33. The van der Waals surface area contributed by atoms with Crippen molar-refractivity contribution >= 4 is 33.2 Å². The smallest absolute Gasteiger partial charge is 0.0408 e. The molecule has 1 saturated carbocycles. The number of rotatable bonds is 3. The van der Waals surface area contributed by atoms with Crippen LogP contribution in [0.25, 0.3) is 0 Å². The first-order valence-corrected chi connectivity index (χ1v) is 8.07. The molecule has 0 atom stereocenters. The summed E-state index contributed by atoms with van der Waals surface area (Å²) in [5.41, 5.74) is 3.82. The maximum atomic E-state index is 6.05. The number of hydrogen-bond donors (Lipinski definition) is 1. The first-order chi connectivity index (χ1) is 9.61. The first-order valence-electron chi connectivity index (χ1n) is 6.90. The van der Waals surface area contributed by atoms with Crippen molar-refractivity contribution in [3.8, 4) is 0 Å². The number of nitrogens with one attached hydrogen (secondary N) is 1. The molecular weight excluding hydrogens is 334 g/mol. The molecule has 0 spiro atoms. The van der Waals surface area contributed by atoms with Gasteiger partial charge in [-0.2, -0.15) is 0 Å². The van der Waals surface area contributed by atoms with Crippen molar-refractivity contribution in [1.82, 2.24) is 0 Å². The Labute approximate surface area is 133 Å². The first kappa shape index (κ1) is 14.0. The summed E-state index contributed by atoms with van der Waals surface area (Å²) >= 11 is 9.63. The van der Waals surface area contributed by atoms with Crippen LogP contribution in [0.5, 0.6) is 0 Å². The average molecular weight is 351 g/mol. The van der Waals surface area contributed by atoms with Crippen molar-refractivity contribution in [2.24, 2.45) is 0 Å². The van der Waals surface area contributed by atoms with Gasteiger partial charge >= 0.3 is 0 Å². The Hall–Kier alpha value is -0.990. The Morgan fingerprint density at radius 3 is 2.65 bits per heavy atom. The van der Waals surface area contributed by atoms with Crippen LogP contribution in [0.2, 0.25) is 5.02 Å². The van der Waals surface area contributed by atoms with Crippen LogP contribution >= 0.6 is 27.5 Å². The fourth-order valence-electron chi connectivity index (χ4n) is 2.69. The van der Waals surface area contributed by atoms with E-state index in [9.17, 15) is 0 Å². The Bertz CT molecular complexity index is 620. The molecular formula is C17H17BrClN. The molecule has 3 rings (SSSR count). The van der Waals surface area contributed by atoms with E-state index >= 15 is 0 Å². The number of anilines is 1. The van der Waals surface area contributed by atoms with Gasteiger partial charge in [-0.1, -0.05) is 45.7 Å².